The molecule has 0 spiro atoms. The molecule has 0 amide bonds. The van der Waals surface area contributed by atoms with Crippen LogP contribution in [0.3, 0.4) is 0 Å². The summed E-state index contributed by atoms with van der Waals surface area (Å²) in [6, 6.07) is 29.9. The van der Waals surface area contributed by atoms with Gasteiger partial charge in [-0.3, -0.25) is 0 Å². The third kappa shape index (κ3) is 10.0. The predicted molar refractivity (Wildman–Crippen MR) is 361 cm³/mol. The van der Waals surface area contributed by atoms with Crippen LogP contribution in [0.15, 0.2) is 84.9 Å². The van der Waals surface area contributed by atoms with Gasteiger partial charge in [0.2, 0.25) is 0 Å². The number of hydrogen-bond donors (Lipinski definition) is 4. The zero-order valence-corrected chi connectivity index (χ0v) is 51.3. The summed E-state index contributed by atoms with van der Waals surface area (Å²) in [7, 11) is 0. The number of aromatic nitrogens is 12. The Morgan fingerprint density at radius 2 is 0.534 bits per heavy atom. The van der Waals surface area contributed by atoms with E-state index in [0.29, 0.717) is 57.0 Å². The molecule has 0 saturated heterocycles. The first-order chi connectivity index (χ1) is 42.4. The standard InChI is InChI=1S/C76H62N12/c1-39-29-43(5)67(44(6)30-39)71-53-17-23-61(77-53)85-63-25-19-57(79-63)73(69-47(9)33-41(3)34-48(69)10)59-37-51(75(83-59)87-65-27-21-55(71)81-65)15-13-14-16-52-38-60-74(70-49(11)35-42(4)36-50(70)12)58-20-26-64(80-58)86-62-24-18-54(78-62)72(68-45(7)31-40(2)32-46(68)8)56-22-28-66(82-56)88-76(52)84-60/h17-38H,1-12H3,(H,77,79,85)(H,78,80,86)(H,81,83,87)(H,82,84,88). The molecule has 10 aromatic rings. The van der Waals surface area contributed by atoms with Crippen molar-refractivity contribution >= 4 is 93.3 Å². The average molecular weight is 1140 g/mol. The third-order valence-corrected chi connectivity index (χ3v) is 16.6. The van der Waals surface area contributed by atoms with E-state index < -0.39 is 0 Å². The summed E-state index contributed by atoms with van der Waals surface area (Å²) >= 11 is 0. The first kappa shape index (κ1) is 54.8. The van der Waals surface area contributed by atoms with Gasteiger partial charge >= 0.3 is 0 Å². The Kier molecular flexibility index (Phi) is 13.4. The van der Waals surface area contributed by atoms with Crippen LogP contribution < -0.4 is 0 Å². The minimum absolute atomic E-state index is 0.522. The summed E-state index contributed by atoms with van der Waals surface area (Å²) in [6.07, 6.45) is 16.0. The molecule has 4 aliphatic heterocycles. The molecule has 0 saturated carbocycles. The maximum Gasteiger partial charge on any atom is 0.155 e. The van der Waals surface area contributed by atoms with E-state index in [1.54, 1.807) is 0 Å². The van der Waals surface area contributed by atoms with Crippen molar-refractivity contribution in [2.45, 2.75) is 83.1 Å². The smallest absolute Gasteiger partial charge is 0.155 e. The van der Waals surface area contributed by atoms with Crippen LogP contribution in [0.25, 0.3) is 138 Å². The van der Waals surface area contributed by atoms with Crippen LogP contribution in [0.2, 0.25) is 0 Å². The number of hydrogen-bond acceptors (Lipinski definition) is 8. The van der Waals surface area contributed by atoms with Crippen molar-refractivity contribution in [3.05, 3.63) is 209 Å². The quantitative estimate of drug-likeness (QED) is 0.126. The van der Waals surface area contributed by atoms with Crippen LogP contribution in [0.1, 0.15) is 124 Å². The normalized spacial score (nSPS) is 12.2. The Balaban J connectivity index is 1.01. The van der Waals surface area contributed by atoms with Gasteiger partial charge in [-0.05, 0) is 259 Å². The van der Waals surface area contributed by atoms with Crippen LogP contribution in [0, 0.1) is 107 Å². The molecule has 12 nitrogen and oxygen atoms in total. The average Bonchev–Trinajstić information content (AvgIpc) is 3.92. The van der Waals surface area contributed by atoms with E-state index in [4.69, 9.17) is 39.9 Å². The highest BCUT2D eigenvalue weighted by Gasteiger charge is 2.22. The molecule has 88 heavy (non-hydrogen) atoms. The highest BCUT2D eigenvalue weighted by Crippen LogP contribution is 2.40. The molecule has 0 fully saturated rings. The van der Waals surface area contributed by atoms with Crippen LogP contribution in [-0.2, 0) is 0 Å². The van der Waals surface area contributed by atoms with Crippen molar-refractivity contribution in [1.82, 2.24) is 59.8 Å². The molecule has 0 aliphatic carbocycles. The SMILES string of the molecule is Cc1cc(C)c(-c2c3nc(nc4[nH]c(cc4C#CC#Cc4cc5[nH]c4nc4nc(c(-c6c(C)cc(C)cc6C)c6ccc(nc7nc(c5-c5c(C)cc(C)cc5C)C=C7)[nH]6)C=C4)c(-c4c(C)cc(C)cc4C)c4nc(nc5ccc2[nH]5)C=C4)C=C3)c(C)c1. The fourth-order valence-electron chi connectivity index (χ4n) is 13.5. The van der Waals surface area contributed by atoms with Gasteiger partial charge in [-0.1, -0.05) is 70.8 Å². The number of fused-ring (bicyclic) bond motifs is 16. The van der Waals surface area contributed by atoms with Gasteiger partial charge in [0.15, 0.2) is 23.3 Å². The van der Waals surface area contributed by atoms with E-state index >= 15 is 0 Å². The molecule has 0 unspecified atom stereocenters. The highest BCUT2D eigenvalue weighted by atomic mass is 15.0. The maximum atomic E-state index is 5.27. The fourth-order valence-corrected chi connectivity index (χ4v) is 13.5. The summed E-state index contributed by atoms with van der Waals surface area (Å²) in [4.78, 5) is 56.2. The zero-order valence-electron chi connectivity index (χ0n) is 51.3. The Morgan fingerprint density at radius 1 is 0.261 bits per heavy atom. The van der Waals surface area contributed by atoms with Crippen LogP contribution in [0.4, 0.5) is 0 Å². The van der Waals surface area contributed by atoms with Gasteiger partial charge < -0.3 is 19.9 Å². The van der Waals surface area contributed by atoms with E-state index in [1.807, 2.05) is 72.9 Å². The number of aromatic amines is 4. The van der Waals surface area contributed by atoms with Crippen molar-refractivity contribution in [3.8, 4) is 68.2 Å². The minimum Gasteiger partial charge on any atom is -0.340 e. The van der Waals surface area contributed by atoms with Crippen molar-refractivity contribution in [2.75, 3.05) is 0 Å². The first-order valence-electron chi connectivity index (χ1n) is 29.6. The van der Waals surface area contributed by atoms with Crippen molar-refractivity contribution in [1.29, 1.82) is 0 Å². The van der Waals surface area contributed by atoms with Crippen LogP contribution in [-0.4, -0.2) is 59.8 Å². The topological polar surface area (TPSA) is 166 Å². The van der Waals surface area contributed by atoms with Gasteiger partial charge in [-0.15, -0.1) is 0 Å². The molecule has 4 N–H and O–H groups in total. The Morgan fingerprint density at radius 3 is 0.830 bits per heavy atom. The molecule has 6 aromatic heterocycles. The molecule has 12 heteroatoms. The van der Waals surface area contributed by atoms with Gasteiger partial charge in [0.1, 0.15) is 22.6 Å². The second-order valence-electron chi connectivity index (χ2n) is 23.7. The first-order valence-corrected chi connectivity index (χ1v) is 29.6. The Bertz CT molecular complexity index is 4940. The van der Waals surface area contributed by atoms with Crippen molar-refractivity contribution in [3.63, 3.8) is 0 Å². The zero-order chi connectivity index (χ0) is 60.8. The van der Waals surface area contributed by atoms with Gasteiger partial charge in [0, 0.05) is 33.3 Å². The van der Waals surface area contributed by atoms with E-state index in [-0.39, 0.29) is 0 Å². The molecule has 10 heterocycles. The molecule has 426 valence electrons. The maximum absolute atomic E-state index is 5.27. The van der Waals surface area contributed by atoms with Crippen LogP contribution >= 0.6 is 0 Å². The largest absolute Gasteiger partial charge is 0.340 e. The molecule has 0 radical (unpaired) electrons. The Hall–Kier alpha value is -11.1. The molecule has 0 atom stereocenters. The number of H-pyrrole nitrogens is 4. The number of nitrogens with zero attached hydrogens (tertiary/aromatic N) is 8. The number of aryl methyl sites for hydroxylation is 12. The number of nitrogens with one attached hydrogen (secondary N) is 4. The second kappa shape index (κ2) is 21.5. The monoisotopic (exact) mass is 1140 g/mol. The lowest BCUT2D eigenvalue weighted by atomic mass is 9.92. The molecule has 4 aliphatic rings. The molecular formula is C76H62N12. The molecular weight excluding hydrogens is 1080 g/mol. The lowest BCUT2D eigenvalue weighted by Gasteiger charge is -2.13. The van der Waals surface area contributed by atoms with E-state index in [2.05, 4.69) is 187 Å². The van der Waals surface area contributed by atoms with Gasteiger partial charge in [-0.25, -0.2) is 39.9 Å². The predicted octanol–water partition coefficient (Wildman–Crippen LogP) is 17.0. The Labute approximate surface area is 510 Å². The van der Waals surface area contributed by atoms with Gasteiger partial charge in [0.25, 0.3) is 0 Å². The lowest BCUT2D eigenvalue weighted by Crippen LogP contribution is -1.94. The lowest BCUT2D eigenvalue weighted by molar-refractivity contribution is 1.17. The van der Waals surface area contributed by atoms with Crippen molar-refractivity contribution < 1.29 is 0 Å². The van der Waals surface area contributed by atoms with E-state index in [0.717, 1.165) is 134 Å². The van der Waals surface area contributed by atoms with Gasteiger partial charge in [0.05, 0.1) is 44.9 Å². The number of rotatable bonds is 4. The summed E-state index contributed by atoms with van der Waals surface area (Å²) < 4.78 is 0. The highest BCUT2D eigenvalue weighted by molar-refractivity contribution is 5.98. The fraction of sp³-hybridized carbons (Fsp3) is 0.158. The van der Waals surface area contributed by atoms with Crippen LogP contribution in [0.5, 0.6) is 0 Å². The van der Waals surface area contributed by atoms with E-state index in [1.165, 1.54) is 22.3 Å². The summed E-state index contributed by atoms with van der Waals surface area (Å²) in [5.41, 5.74) is 31.9. The summed E-state index contributed by atoms with van der Waals surface area (Å²) in [5.74, 6) is 15.6. The number of benzene rings is 4. The minimum atomic E-state index is 0.522. The summed E-state index contributed by atoms with van der Waals surface area (Å²) in [6.45, 7) is 25.7. The third-order valence-electron chi connectivity index (χ3n) is 16.6. The molecule has 14 rings (SSSR count). The van der Waals surface area contributed by atoms with Crippen molar-refractivity contribution in [2.24, 2.45) is 0 Å². The molecule has 16 bridgehead atoms. The second-order valence-corrected chi connectivity index (χ2v) is 23.7. The molecule has 4 aromatic carbocycles. The van der Waals surface area contributed by atoms with E-state index in [9.17, 15) is 0 Å². The summed E-state index contributed by atoms with van der Waals surface area (Å²) in [5, 5.41) is 0. The van der Waals surface area contributed by atoms with Gasteiger partial charge in [-0.2, -0.15) is 0 Å².